The van der Waals surface area contributed by atoms with Crippen LogP contribution in [0.5, 0.6) is 0 Å². The van der Waals surface area contributed by atoms with Gasteiger partial charge in [0, 0.05) is 17.8 Å². The van der Waals surface area contributed by atoms with Gasteiger partial charge in [-0.1, -0.05) is 13.3 Å². The zero-order valence-corrected chi connectivity index (χ0v) is 12.9. The molecule has 3 N–H and O–H groups in total. The molecule has 0 radical (unpaired) electrons. The first-order chi connectivity index (χ1) is 9.52. The number of amides is 1. The third kappa shape index (κ3) is 3.93. The van der Waals surface area contributed by atoms with Crippen LogP contribution in [0.3, 0.4) is 0 Å². The zero-order chi connectivity index (χ0) is 15.1. The van der Waals surface area contributed by atoms with Crippen molar-refractivity contribution in [3.8, 4) is 0 Å². The fourth-order valence-corrected chi connectivity index (χ4v) is 2.40. The molecule has 1 amide bonds. The summed E-state index contributed by atoms with van der Waals surface area (Å²) in [5.74, 6) is -0.114. The summed E-state index contributed by atoms with van der Waals surface area (Å²) < 4.78 is 0. The minimum Gasteiger partial charge on any atom is -0.354 e. The molecule has 0 aliphatic heterocycles. The van der Waals surface area contributed by atoms with E-state index in [2.05, 4.69) is 15.6 Å². The Morgan fingerprint density at radius 3 is 2.50 bits per heavy atom. The molecule has 0 spiro atoms. The van der Waals surface area contributed by atoms with Crippen LogP contribution < -0.4 is 10.6 Å². The molecule has 0 fully saturated rings. The largest absolute Gasteiger partial charge is 0.354 e. The smallest absolute Gasteiger partial charge is 0.268 e. The van der Waals surface area contributed by atoms with Crippen LogP contribution in [0.4, 0.5) is 0 Å². The Kier molecular flexibility index (Phi) is 6.45. The van der Waals surface area contributed by atoms with Gasteiger partial charge < -0.3 is 15.6 Å². The highest BCUT2D eigenvalue weighted by atomic mass is 16.2. The van der Waals surface area contributed by atoms with Gasteiger partial charge >= 0.3 is 0 Å². The monoisotopic (exact) mass is 279 g/mol. The molecule has 1 rings (SSSR count). The topological polar surface area (TPSA) is 74.0 Å². The number of carbonyl (C=O) groups is 2. The number of carbonyl (C=O) groups excluding carboxylic acids is 2. The fraction of sp³-hybridized carbons (Fsp3) is 0.600. The number of aromatic nitrogens is 1. The number of H-pyrrole nitrogens is 1. The summed E-state index contributed by atoms with van der Waals surface area (Å²) in [6, 6.07) is 0. The van der Waals surface area contributed by atoms with Gasteiger partial charge in [0.05, 0.1) is 0 Å². The van der Waals surface area contributed by atoms with Crippen molar-refractivity contribution in [1.29, 1.82) is 0 Å². The van der Waals surface area contributed by atoms with Crippen molar-refractivity contribution in [2.24, 2.45) is 0 Å². The van der Waals surface area contributed by atoms with Crippen molar-refractivity contribution >= 4 is 11.7 Å². The van der Waals surface area contributed by atoms with E-state index in [1.807, 2.05) is 20.9 Å². The van der Waals surface area contributed by atoms with E-state index in [1.54, 1.807) is 6.92 Å². The van der Waals surface area contributed by atoms with Gasteiger partial charge in [-0.3, -0.25) is 9.59 Å². The van der Waals surface area contributed by atoms with E-state index in [0.29, 0.717) is 17.8 Å². The van der Waals surface area contributed by atoms with Gasteiger partial charge in [0.25, 0.3) is 5.91 Å². The molecule has 0 bridgehead atoms. The lowest BCUT2D eigenvalue weighted by Gasteiger charge is -2.06. The van der Waals surface area contributed by atoms with Gasteiger partial charge in [0.2, 0.25) is 0 Å². The number of rotatable bonds is 8. The van der Waals surface area contributed by atoms with Gasteiger partial charge in [0.1, 0.15) is 5.69 Å². The van der Waals surface area contributed by atoms with Crippen molar-refractivity contribution in [2.45, 2.75) is 40.0 Å². The lowest BCUT2D eigenvalue weighted by atomic mass is 10.0. The predicted molar refractivity (Wildman–Crippen MR) is 80.4 cm³/mol. The molecule has 112 valence electrons. The van der Waals surface area contributed by atoms with Crippen LogP contribution in [-0.4, -0.2) is 36.8 Å². The Labute approximate surface area is 120 Å². The highest BCUT2D eigenvalue weighted by Gasteiger charge is 2.21. The van der Waals surface area contributed by atoms with Crippen LogP contribution in [0.25, 0.3) is 0 Å². The quantitative estimate of drug-likeness (QED) is 0.502. The molecule has 5 heteroatoms. The molecular formula is C15H25N3O2. The maximum atomic E-state index is 12.2. The van der Waals surface area contributed by atoms with Crippen LogP contribution in [-0.2, 0) is 6.42 Å². The molecule has 1 aromatic heterocycles. The molecule has 0 aliphatic rings. The first-order valence-corrected chi connectivity index (χ1v) is 7.18. The Morgan fingerprint density at radius 2 is 1.95 bits per heavy atom. The first-order valence-electron chi connectivity index (χ1n) is 7.18. The molecule has 0 aliphatic carbocycles. The van der Waals surface area contributed by atoms with Crippen LogP contribution in [0, 0.1) is 6.92 Å². The second-order valence-corrected chi connectivity index (χ2v) is 5.00. The lowest BCUT2D eigenvalue weighted by Crippen LogP contribution is -2.27. The van der Waals surface area contributed by atoms with Crippen LogP contribution in [0.15, 0.2) is 0 Å². The third-order valence-electron chi connectivity index (χ3n) is 3.26. The van der Waals surface area contributed by atoms with E-state index in [9.17, 15) is 9.59 Å². The molecule has 5 nitrogen and oxygen atoms in total. The maximum absolute atomic E-state index is 12.2. The number of hydrogen-bond acceptors (Lipinski definition) is 3. The number of Topliss-reactive ketones (excluding diaryl/α,β-unsaturated/α-hetero) is 1. The number of ketones is 1. The van der Waals surface area contributed by atoms with Gasteiger partial charge in [-0.15, -0.1) is 0 Å². The molecule has 0 saturated carbocycles. The van der Waals surface area contributed by atoms with E-state index in [4.69, 9.17) is 0 Å². The Hall–Kier alpha value is -1.62. The van der Waals surface area contributed by atoms with Crippen LogP contribution in [0.1, 0.15) is 58.8 Å². The highest BCUT2D eigenvalue weighted by molar-refractivity contribution is 6.02. The fourth-order valence-electron chi connectivity index (χ4n) is 2.40. The summed E-state index contributed by atoms with van der Waals surface area (Å²) in [4.78, 5) is 27.0. The molecule has 0 saturated heterocycles. The molecule has 0 atom stereocenters. The van der Waals surface area contributed by atoms with E-state index in [0.717, 1.165) is 37.1 Å². The number of aryl methyl sites for hydroxylation is 1. The molecule has 0 aromatic carbocycles. The minimum atomic E-state index is -0.125. The summed E-state index contributed by atoms with van der Waals surface area (Å²) >= 11 is 0. The predicted octanol–water partition coefficient (Wildman–Crippen LogP) is 1.82. The summed E-state index contributed by atoms with van der Waals surface area (Å²) in [5.41, 5.74) is 2.84. The van der Waals surface area contributed by atoms with Gasteiger partial charge in [-0.05, 0) is 45.8 Å². The SMILES string of the molecule is CCCc1c(C(=O)NCCCNC)[nH]c(C)c1C(C)=O. The average Bonchev–Trinajstić information content (AvgIpc) is 2.72. The second-order valence-electron chi connectivity index (χ2n) is 5.00. The molecule has 20 heavy (non-hydrogen) atoms. The molecule has 1 heterocycles. The number of hydrogen-bond donors (Lipinski definition) is 3. The molecular weight excluding hydrogens is 254 g/mol. The summed E-state index contributed by atoms with van der Waals surface area (Å²) in [7, 11) is 1.88. The molecule has 0 unspecified atom stereocenters. The van der Waals surface area contributed by atoms with Crippen molar-refractivity contribution in [3.05, 3.63) is 22.5 Å². The van der Waals surface area contributed by atoms with E-state index < -0.39 is 0 Å². The second kappa shape index (κ2) is 7.85. The average molecular weight is 279 g/mol. The van der Waals surface area contributed by atoms with Crippen LogP contribution in [0.2, 0.25) is 0 Å². The summed E-state index contributed by atoms with van der Waals surface area (Å²) in [5, 5.41) is 5.93. The number of aromatic amines is 1. The van der Waals surface area contributed by atoms with E-state index >= 15 is 0 Å². The Morgan fingerprint density at radius 1 is 1.25 bits per heavy atom. The Bertz CT molecular complexity index is 478. The zero-order valence-electron chi connectivity index (χ0n) is 12.9. The van der Waals surface area contributed by atoms with Crippen molar-refractivity contribution in [2.75, 3.05) is 20.1 Å². The Balaban J connectivity index is 2.90. The molecule has 1 aromatic rings. The van der Waals surface area contributed by atoms with Crippen molar-refractivity contribution in [1.82, 2.24) is 15.6 Å². The van der Waals surface area contributed by atoms with E-state index in [-0.39, 0.29) is 11.7 Å². The minimum absolute atomic E-state index is 0.0106. The van der Waals surface area contributed by atoms with Gasteiger partial charge in [0.15, 0.2) is 5.78 Å². The standard InChI is InChI=1S/C15H25N3O2/c1-5-7-12-13(11(3)19)10(2)18-14(12)15(20)17-9-6-8-16-4/h16,18H,5-9H2,1-4H3,(H,17,20). The maximum Gasteiger partial charge on any atom is 0.268 e. The van der Waals surface area contributed by atoms with Crippen molar-refractivity contribution < 1.29 is 9.59 Å². The summed E-state index contributed by atoms with van der Waals surface area (Å²) in [6.07, 6.45) is 2.51. The first kappa shape index (κ1) is 16.4. The lowest BCUT2D eigenvalue weighted by molar-refractivity contribution is 0.0947. The van der Waals surface area contributed by atoms with Crippen LogP contribution >= 0.6 is 0 Å². The highest BCUT2D eigenvalue weighted by Crippen LogP contribution is 2.21. The number of nitrogens with one attached hydrogen (secondary N) is 3. The van der Waals surface area contributed by atoms with Gasteiger partial charge in [-0.25, -0.2) is 0 Å². The van der Waals surface area contributed by atoms with E-state index in [1.165, 1.54) is 0 Å². The van der Waals surface area contributed by atoms with Gasteiger partial charge in [-0.2, -0.15) is 0 Å². The van der Waals surface area contributed by atoms with Crippen molar-refractivity contribution in [3.63, 3.8) is 0 Å². The third-order valence-corrected chi connectivity index (χ3v) is 3.26. The summed E-state index contributed by atoms with van der Waals surface area (Å²) in [6.45, 7) is 6.92. The normalized spacial score (nSPS) is 10.6.